The monoisotopic (exact) mass is 518 g/mol. The Morgan fingerprint density at radius 2 is 1.43 bits per heavy atom. The van der Waals surface area contributed by atoms with E-state index >= 15 is 0 Å². The van der Waals surface area contributed by atoms with E-state index in [-0.39, 0.29) is 35.6 Å². The molecule has 8 nitrogen and oxygen atoms in total. The summed E-state index contributed by atoms with van der Waals surface area (Å²) in [6, 6.07) is -2.52. The first-order chi connectivity index (χ1) is 17.3. The van der Waals surface area contributed by atoms with Crippen LogP contribution >= 0.6 is 0 Å². The van der Waals surface area contributed by atoms with Crippen LogP contribution in [-0.4, -0.2) is 91.1 Å². The van der Waals surface area contributed by atoms with Gasteiger partial charge in [0.15, 0.2) is 0 Å². The van der Waals surface area contributed by atoms with Gasteiger partial charge in [-0.25, -0.2) is 0 Å². The standard InChI is InChI=1S/C29H50N4O4/c1-11-13-14-15-16-17-23(20-34)32(9)29(37)26(19-22(5)6)33(10)28(36)24(18-21(3)4)30-27(35)25(12-2)31(7)8/h11,13-16,20-26H,1,12,17-19H2,2-10H3,(H,30,35)/b14-13-,16-15+/t23-,24-,25-,26-/m0/s1. The summed E-state index contributed by atoms with van der Waals surface area (Å²) in [6.45, 7) is 13.5. The third-order valence-electron chi connectivity index (χ3n) is 6.30. The molecule has 0 saturated carbocycles. The molecule has 0 unspecified atom stereocenters. The highest BCUT2D eigenvalue weighted by Crippen LogP contribution is 2.18. The zero-order valence-corrected chi connectivity index (χ0v) is 24.4. The van der Waals surface area contributed by atoms with Gasteiger partial charge in [-0.1, -0.05) is 71.6 Å². The third-order valence-corrected chi connectivity index (χ3v) is 6.30. The van der Waals surface area contributed by atoms with Crippen molar-refractivity contribution in [1.29, 1.82) is 0 Å². The molecule has 0 spiro atoms. The summed E-state index contributed by atoms with van der Waals surface area (Å²) in [7, 11) is 6.87. The Labute approximate surface area is 224 Å². The normalized spacial score (nSPS) is 15.1. The Balaban J connectivity index is 5.92. The van der Waals surface area contributed by atoms with Crippen molar-refractivity contribution in [2.24, 2.45) is 11.8 Å². The van der Waals surface area contributed by atoms with E-state index < -0.39 is 18.1 Å². The van der Waals surface area contributed by atoms with Crippen LogP contribution in [0.3, 0.4) is 0 Å². The van der Waals surface area contributed by atoms with Crippen LogP contribution in [0.5, 0.6) is 0 Å². The lowest BCUT2D eigenvalue weighted by Gasteiger charge is -2.36. The Morgan fingerprint density at radius 1 is 0.838 bits per heavy atom. The molecule has 210 valence electrons. The number of hydrogen-bond donors (Lipinski definition) is 1. The summed E-state index contributed by atoms with van der Waals surface area (Å²) in [4.78, 5) is 56.8. The maximum atomic E-state index is 13.7. The summed E-state index contributed by atoms with van der Waals surface area (Å²) < 4.78 is 0. The summed E-state index contributed by atoms with van der Waals surface area (Å²) in [5, 5.41) is 2.94. The molecule has 0 aliphatic carbocycles. The smallest absolute Gasteiger partial charge is 0.245 e. The fourth-order valence-electron chi connectivity index (χ4n) is 4.16. The maximum Gasteiger partial charge on any atom is 0.245 e. The zero-order valence-electron chi connectivity index (χ0n) is 24.4. The number of amides is 3. The lowest BCUT2D eigenvalue weighted by molar-refractivity contribution is -0.148. The molecule has 4 atom stereocenters. The van der Waals surface area contributed by atoms with Crippen LogP contribution in [0.4, 0.5) is 0 Å². The molecule has 0 radical (unpaired) electrons. The number of carbonyl (C=O) groups excluding carboxylic acids is 4. The first-order valence-corrected chi connectivity index (χ1v) is 13.2. The van der Waals surface area contributed by atoms with Gasteiger partial charge in [0.2, 0.25) is 17.7 Å². The van der Waals surface area contributed by atoms with Crippen molar-refractivity contribution < 1.29 is 19.2 Å². The lowest BCUT2D eigenvalue weighted by atomic mass is 9.97. The van der Waals surface area contributed by atoms with Gasteiger partial charge in [-0.15, -0.1) is 0 Å². The van der Waals surface area contributed by atoms with E-state index in [9.17, 15) is 19.2 Å². The van der Waals surface area contributed by atoms with Gasteiger partial charge in [0.05, 0.1) is 12.1 Å². The number of carbonyl (C=O) groups is 4. The largest absolute Gasteiger partial charge is 0.343 e. The van der Waals surface area contributed by atoms with Crippen molar-refractivity contribution in [1.82, 2.24) is 20.0 Å². The van der Waals surface area contributed by atoms with Gasteiger partial charge in [-0.2, -0.15) is 0 Å². The van der Waals surface area contributed by atoms with E-state index in [0.717, 1.165) is 6.29 Å². The summed E-state index contributed by atoms with van der Waals surface area (Å²) in [5.41, 5.74) is 0. The fraction of sp³-hybridized carbons (Fsp3) is 0.655. The van der Waals surface area contributed by atoms with Crippen molar-refractivity contribution in [3.8, 4) is 0 Å². The first-order valence-electron chi connectivity index (χ1n) is 13.2. The van der Waals surface area contributed by atoms with E-state index in [0.29, 0.717) is 25.7 Å². The molecule has 0 saturated heterocycles. The molecule has 0 aliphatic heterocycles. The lowest BCUT2D eigenvalue weighted by Crippen LogP contribution is -2.57. The van der Waals surface area contributed by atoms with Crippen LogP contribution in [0, 0.1) is 11.8 Å². The molecule has 0 heterocycles. The topological polar surface area (TPSA) is 90.0 Å². The van der Waals surface area contributed by atoms with Crippen molar-refractivity contribution >= 4 is 24.0 Å². The molecular formula is C29H50N4O4. The summed E-state index contributed by atoms with van der Waals surface area (Å²) >= 11 is 0. The van der Waals surface area contributed by atoms with E-state index in [1.807, 2.05) is 59.7 Å². The van der Waals surface area contributed by atoms with Crippen LogP contribution < -0.4 is 5.32 Å². The second-order valence-corrected chi connectivity index (χ2v) is 10.6. The van der Waals surface area contributed by atoms with Crippen LogP contribution in [0.15, 0.2) is 37.0 Å². The number of likely N-dealkylation sites (N-methyl/N-ethyl adjacent to an activating group) is 3. The Bertz CT molecular complexity index is 804. The number of allylic oxidation sites excluding steroid dienone is 4. The van der Waals surface area contributed by atoms with Crippen molar-refractivity contribution in [3.05, 3.63) is 37.0 Å². The molecule has 37 heavy (non-hydrogen) atoms. The highest BCUT2D eigenvalue weighted by molar-refractivity contribution is 5.93. The molecule has 3 amide bonds. The summed E-state index contributed by atoms with van der Waals surface area (Å²) in [6.07, 6.45) is 11.5. The molecule has 0 aromatic rings. The Kier molecular flexibility index (Phi) is 16.4. The average molecular weight is 519 g/mol. The minimum Gasteiger partial charge on any atom is -0.343 e. The molecule has 0 aromatic heterocycles. The third kappa shape index (κ3) is 11.9. The molecule has 0 bridgehead atoms. The molecule has 8 heteroatoms. The van der Waals surface area contributed by atoms with Crippen LogP contribution in [-0.2, 0) is 19.2 Å². The number of nitrogens with one attached hydrogen (secondary N) is 1. The quantitative estimate of drug-likeness (QED) is 0.235. The van der Waals surface area contributed by atoms with Crippen molar-refractivity contribution in [3.63, 3.8) is 0 Å². The van der Waals surface area contributed by atoms with Crippen LogP contribution in [0.1, 0.15) is 60.3 Å². The Morgan fingerprint density at radius 3 is 1.89 bits per heavy atom. The van der Waals surface area contributed by atoms with Gasteiger partial charge in [-0.05, 0) is 51.6 Å². The van der Waals surface area contributed by atoms with E-state index in [1.54, 1.807) is 38.4 Å². The maximum absolute atomic E-state index is 13.7. The van der Waals surface area contributed by atoms with E-state index in [1.165, 1.54) is 9.80 Å². The predicted octanol–water partition coefficient (Wildman–Crippen LogP) is 3.45. The van der Waals surface area contributed by atoms with E-state index in [2.05, 4.69) is 11.9 Å². The molecule has 0 aromatic carbocycles. The zero-order chi connectivity index (χ0) is 28.7. The number of hydrogen-bond acceptors (Lipinski definition) is 5. The molecule has 0 aliphatic rings. The highest BCUT2D eigenvalue weighted by atomic mass is 16.2. The van der Waals surface area contributed by atoms with Gasteiger partial charge in [0.25, 0.3) is 0 Å². The first kappa shape index (κ1) is 34.3. The van der Waals surface area contributed by atoms with Gasteiger partial charge < -0.3 is 19.9 Å². The van der Waals surface area contributed by atoms with Gasteiger partial charge in [-0.3, -0.25) is 19.3 Å². The SMILES string of the molecule is C=C/C=C\C=C\C[C@@H](C=O)N(C)C(=O)[C@H](CC(C)C)N(C)C(=O)[C@H](CC(C)C)NC(=O)[C@H](CC)N(C)C. The van der Waals surface area contributed by atoms with Gasteiger partial charge >= 0.3 is 0 Å². The van der Waals surface area contributed by atoms with Crippen LogP contribution in [0.2, 0.25) is 0 Å². The summed E-state index contributed by atoms with van der Waals surface area (Å²) in [5.74, 6) is -0.522. The second-order valence-electron chi connectivity index (χ2n) is 10.6. The second kappa shape index (κ2) is 17.7. The van der Waals surface area contributed by atoms with Gasteiger partial charge in [0.1, 0.15) is 18.4 Å². The molecule has 1 N–H and O–H groups in total. The van der Waals surface area contributed by atoms with Crippen molar-refractivity contribution in [2.75, 3.05) is 28.2 Å². The predicted molar refractivity (Wildman–Crippen MR) is 151 cm³/mol. The van der Waals surface area contributed by atoms with Crippen molar-refractivity contribution in [2.45, 2.75) is 84.5 Å². The molecular weight excluding hydrogens is 468 g/mol. The Hall–Kier alpha value is -2.74. The van der Waals surface area contributed by atoms with Gasteiger partial charge in [0, 0.05) is 14.1 Å². The number of nitrogens with zero attached hydrogens (tertiary/aromatic N) is 3. The fourth-order valence-corrected chi connectivity index (χ4v) is 4.16. The molecule has 0 fully saturated rings. The minimum absolute atomic E-state index is 0.132. The molecule has 0 rings (SSSR count). The highest BCUT2D eigenvalue weighted by Gasteiger charge is 2.36. The average Bonchev–Trinajstić information content (AvgIpc) is 2.82. The number of aldehydes is 1. The minimum atomic E-state index is -0.757. The number of rotatable bonds is 17. The van der Waals surface area contributed by atoms with Crippen LogP contribution in [0.25, 0.3) is 0 Å². The van der Waals surface area contributed by atoms with E-state index in [4.69, 9.17) is 0 Å².